The molecule has 0 aromatic rings. The average Bonchev–Trinajstić information content (AvgIpc) is 1.61. The monoisotopic (exact) mass is 227 g/mol. The first-order valence-corrected chi connectivity index (χ1v) is 4.57. The minimum Gasteiger partial charge on any atom is -0.297 e. The molecule has 0 aliphatic heterocycles. The Bertz CT molecular complexity index is 102. The van der Waals surface area contributed by atoms with E-state index in [9.17, 15) is 0 Å². The molecule has 0 fully saturated rings. The molecule has 2 nitrogen and oxygen atoms in total. The van der Waals surface area contributed by atoms with Crippen LogP contribution in [0.2, 0.25) is 0 Å². The first-order valence-electron chi connectivity index (χ1n) is 2.42. The second-order valence-corrected chi connectivity index (χ2v) is 4.56. The normalized spacial score (nSPS) is 12.2. The zero-order valence-corrected chi connectivity index (χ0v) is 7.61. The van der Waals surface area contributed by atoms with Crippen molar-refractivity contribution in [3.05, 3.63) is 0 Å². The smallest absolute Gasteiger partial charge is 0.248 e. The molecule has 3 heteroatoms. The summed E-state index contributed by atoms with van der Waals surface area (Å²) >= 11 is -0.0677. The van der Waals surface area contributed by atoms with Crippen molar-refractivity contribution < 1.29 is 3.21 Å². The first-order chi connectivity index (χ1) is 3.63. The van der Waals surface area contributed by atoms with Crippen LogP contribution in [-0.2, 0) is 0 Å². The lowest BCUT2D eigenvalue weighted by Gasteiger charge is -1.75. The van der Waals surface area contributed by atoms with E-state index in [0.717, 1.165) is 3.63 Å². The second kappa shape index (κ2) is 4.14. The van der Waals surface area contributed by atoms with Crippen molar-refractivity contribution in [1.82, 2.24) is 0 Å². The van der Waals surface area contributed by atoms with Gasteiger partial charge in [-0.1, -0.05) is 0 Å². The van der Waals surface area contributed by atoms with E-state index < -0.39 is 0 Å². The Balaban J connectivity index is 3.76. The van der Waals surface area contributed by atoms with E-state index in [-0.39, 0.29) is 21.0 Å². The van der Waals surface area contributed by atoms with Crippen molar-refractivity contribution in [3.63, 3.8) is 0 Å². The number of nitrogens with one attached hydrogen (secondary N) is 1. The fourth-order valence-electron chi connectivity index (χ4n) is 0.169. The Labute approximate surface area is 60.3 Å². The molecule has 3 N–H and O–H groups in total. The Kier molecular flexibility index (Phi) is 4.26. The molecule has 0 aromatic heterocycles. The highest BCUT2D eigenvalue weighted by molar-refractivity contribution is 14.1. The molecule has 0 bridgehead atoms. The molecule has 0 amide bonds. The maximum absolute atomic E-state index is 5.43. The van der Waals surface area contributed by atoms with Crippen LogP contribution in [0.4, 0.5) is 0 Å². The van der Waals surface area contributed by atoms with Gasteiger partial charge in [-0.25, -0.2) is 0 Å². The summed E-state index contributed by atoms with van der Waals surface area (Å²) in [6.07, 6.45) is 0. The van der Waals surface area contributed by atoms with Crippen molar-refractivity contribution in [2.75, 3.05) is 0 Å². The van der Waals surface area contributed by atoms with Gasteiger partial charge in [0.05, 0.1) is 3.63 Å². The van der Waals surface area contributed by atoms with Gasteiger partial charge in [0.15, 0.2) is 5.71 Å². The third-order valence-corrected chi connectivity index (χ3v) is 2.58. The van der Waals surface area contributed by atoms with Crippen LogP contribution < -0.4 is 8.94 Å². The summed E-state index contributed by atoms with van der Waals surface area (Å²) in [5.41, 5.74) is 6.68. The van der Waals surface area contributed by atoms with E-state index >= 15 is 0 Å². The maximum atomic E-state index is 5.43. The number of hydrogen-bond acceptors (Lipinski definition) is 1. The summed E-state index contributed by atoms with van der Waals surface area (Å²) in [6.45, 7) is 6.04. The van der Waals surface area contributed by atoms with Gasteiger partial charge in [0.1, 0.15) is 0 Å². The van der Waals surface area contributed by atoms with Gasteiger partial charge in [0.2, 0.25) is 21.0 Å². The largest absolute Gasteiger partial charge is 0.297 e. The summed E-state index contributed by atoms with van der Waals surface area (Å²) in [6, 6.07) is 0. The van der Waals surface area contributed by atoms with E-state index in [2.05, 4.69) is 3.21 Å². The van der Waals surface area contributed by atoms with Crippen LogP contribution in [0.25, 0.3) is 0 Å². The van der Waals surface area contributed by atoms with Crippen LogP contribution in [0.5, 0.6) is 0 Å². The molecule has 8 heavy (non-hydrogen) atoms. The van der Waals surface area contributed by atoms with Crippen molar-refractivity contribution >= 4 is 30.3 Å². The summed E-state index contributed by atoms with van der Waals surface area (Å²) in [4.78, 5) is 0. The lowest BCUT2D eigenvalue weighted by Crippen LogP contribution is -2.59. The molecule has 0 aliphatic rings. The van der Waals surface area contributed by atoms with Crippen molar-refractivity contribution in [1.29, 1.82) is 0 Å². The van der Waals surface area contributed by atoms with Gasteiger partial charge in [0.25, 0.3) is 0 Å². The molecule has 0 spiro atoms. The van der Waals surface area contributed by atoms with Crippen LogP contribution in [0.1, 0.15) is 20.8 Å². The molecule has 0 unspecified atom stereocenters. The van der Waals surface area contributed by atoms with E-state index in [1.165, 1.54) is 5.71 Å². The third kappa shape index (κ3) is 6.23. The summed E-state index contributed by atoms with van der Waals surface area (Å²) in [7, 11) is 0. The third-order valence-electron chi connectivity index (χ3n) is 0.385. The summed E-state index contributed by atoms with van der Waals surface area (Å²) in [5, 5.41) is 0. The SMILES string of the molecule is CC(C)=[NH+]I=C(C)N. The molecule has 0 saturated carbocycles. The van der Waals surface area contributed by atoms with Crippen molar-refractivity contribution in [2.45, 2.75) is 20.8 Å². The number of nitrogens with two attached hydrogens (primary N) is 1. The van der Waals surface area contributed by atoms with Gasteiger partial charge in [-0.15, -0.1) is 0 Å². The van der Waals surface area contributed by atoms with Gasteiger partial charge >= 0.3 is 0 Å². The predicted octanol–water partition coefficient (Wildman–Crippen LogP) is -0.458. The highest BCUT2D eigenvalue weighted by atomic mass is 127. The summed E-state index contributed by atoms with van der Waals surface area (Å²) < 4.78 is 4.24. The van der Waals surface area contributed by atoms with Crippen molar-refractivity contribution in [2.24, 2.45) is 5.73 Å². The van der Waals surface area contributed by atoms with Crippen LogP contribution in [0, 0.1) is 0 Å². The van der Waals surface area contributed by atoms with Crippen LogP contribution >= 0.6 is 21.0 Å². The second-order valence-electron chi connectivity index (χ2n) is 1.78. The number of rotatable bonds is 1. The minimum atomic E-state index is -0.0677. The fourth-order valence-corrected chi connectivity index (χ4v) is 1.13. The quantitative estimate of drug-likeness (QED) is 0.355. The van der Waals surface area contributed by atoms with Gasteiger partial charge in [0, 0.05) is 13.8 Å². The first kappa shape index (κ1) is 8.23. The zero-order valence-electron chi connectivity index (χ0n) is 5.46. The van der Waals surface area contributed by atoms with Gasteiger partial charge in [-0.2, -0.15) is 3.21 Å². The standard InChI is InChI=1S/C5H11IN2/c1-4(2)8-6-5(3)7/h7H2,1-3H3/p+1. The molecule has 0 rings (SSSR count). The topological polar surface area (TPSA) is 40.0 Å². The van der Waals surface area contributed by atoms with Gasteiger partial charge < -0.3 is 0 Å². The minimum absolute atomic E-state index is 0.0677. The Hall–Kier alpha value is 0.230. The maximum Gasteiger partial charge on any atom is 0.248 e. The molecule has 0 saturated heterocycles. The molecular weight excluding hydrogens is 215 g/mol. The van der Waals surface area contributed by atoms with Crippen LogP contribution in [-0.4, -0.2) is 9.34 Å². The van der Waals surface area contributed by atoms with E-state index in [1.54, 1.807) is 0 Å². The lowest BCUT2D eigenvalue weighted by molar-refractivity contribution is -0.183. The highest BCUT2D eigenvalue weighted by Gasteiger charge is 1.83. The van der Waals surface area contributed by atoms with Crippen LogP contribution in [0.15, 0.2) is 0 Å². The van der Waals surface area contributed by atoms with Gasteiger partial charge in [-0.05, 0) is 6.92 Å². The number of hydrogen-bond donors (Lipinski definition) is 2. The predicted molar refractivity (Wildman–Crippen MR) is 46.2 cm³/mol. The Morgan fingerprint density at radius 3 is 2.00 bits per heavy atom. The van der Waals surface area contributed by atoms with E-state index in [0.29, 0.717) is 0 Å². The summed E-state index contributed by atoms with van der Waals surface area (Å²) in [5.74, 6) is 0. The Morgan fingerprint density at radius 1 is 1.38 bits per heavy atom. The fraction of sp³-hybridized carbons (Fsp3) is 0.600. The number of halogens is 1. The van der Waals surface area contributed by atoms with E-state index in [1.807, 2.05) is 20.8 Å². The molecular formula is C5H12IN2+. The van der Waals surface area contributed by atoms with E-state index in [4.69, 9.17) is 5.73 Å². The molecule has 0 aromatic carbocycles. The molecule has 0 heterocycles. The molecule has 0 radical (unpaired) electrons. The Morgan fingerprint density at radius 2 is 1.88 bits per heavy atom. The zero-order chi connectivity index (χ0) is 6.57. The molecule has 0 aliphatic carbocycles. The van der Waals surface area contributed by atoms with Crippen LogP contribution in [0.3, 0.4) is 0 Å². The average molecular weight is 227 g/mol. The molecule has 0 atom stereocenters. The van der Waals surface area contributed by atoms with Crippen molar-refractivity contribution in [3.8, 4) is 0 Å². The highest BCUT2D eigenvalue weighted by Crippen LogP contribution is 1.72. The van der Waals surface area contributed by atoms with Gasteiger partial charge in [-0.3, -0.25) is 5.73 Å². The lowest BCUT2D eigenvalue weighted by atomic mass is 10.5. The molecule has 48 valence electrons.